The summed E-state index contributed by atoms with van der Waals surface area (Å²) in [7, 11) is 0. The highest BCUT2D eigenvalue weighted by atomic mass is 16.3. The predicted molar refractivity (Wildman–Crippen MR) is 48.2 cm³/mol. The number of nitrogens with one attached hydrogen (secondary N) is 1. The fourth-order valence-electron chi connectivity index (χ4n) is 1.26. The number of carbonyl (C=O) groups excluding carboxylic acids is 1. The molecule has 13 heavy (non-hydrogen) atoms. The van der Waals surface area contributed by atoms with Crippen molar-refractivity contribution in [1.29, 1.82) is 0 Å². The van der Waals surface area contributed by atoms with Crippen LogP contribution in [0, 0.1) is 5.92 Å². The van der Waals surface area contributed by atoms with E-state index in [0.717, 1.165) is 6.42 Å². The second kappa shape index (κ2) is 2.80. The summed E-state index contributed by atoms with van der Waals surface area (Å²) in [6, 6.07) is 1.88. The van der Waals surface area contributed by atoms with E-state index in [4.69, 9.17) is 10.2 Å². The third-order valence-corrected chi connectivity index (χ3v) is 2.33. The van der Waals surface area contributed by atoms with E-state index in [1.165, 1.54) is 6.26 Å². The summed E-state index contributed by atoms with van der Waals surface area (Å²) in [4.78, 5) is 11.4. The van der Waals surface area contributed by atoms with Crippen molar-refractivity contribution in [2.75, 3.05) is 5.73 Å². The van der Waals surface area contributed by atoms with Gasteiger partial charge in [-0.15, -0.1) is 0 Å². The highest BCUT2D eigenvalue weighted by Crippen LogP contribution is 2.29. The van der Waals surface area contributed by atoms with Crippen LogP contribution in [0.3, 0.4) is 0 Å². The first kappa shape index (κ1) is 8.16. The molecule has 70 valence electrons. The molecule has 4 nitrogen and oxygen atoms in total. The van der Waals surface area contributed by atoms with Crippen LogP contribution in [0.2, 0.25) is 0 Å². The maximum atomic E-state index is 11.4. The van der Waals surface area contributed by atoms with Crippen LogP contribution >= 0.6 is 0 Å². The largest absolute Gasteiger partial charge is 0.457 e. The van der Waals surface area contributed by atoms with Gasteiger partial charge in [-0.2, -0.15) is 0 Å². The minimum atomic E-state index is -0.211. The molecule has 1 amide bonds. The van der Waals surface area contributed by atoms with Crippen LogP contribution in [-0.2, 0) is 0 Å². The summed E-state index contributed by atoms with van der Waals surface area (Å²) in [6.45, 7) is 2.09. The van der Waals surface area contributed by atoms with Crippen molar-refractivity contribution in [1.82, 2.24) is 5.32 Å². The average molecular weight is 180 g/mol. The number of nitrogens with two attached hydrogens (primary N) is 1. The Labute approximate surface area is 76.1 Å². The number of furan rings is 1. The Morgan fingerprint density at radius 3 is 2.92 bits per heavy atom. The molecule has 1 heterocycles. The fourth-order valence-corrected chi connectivity index (χ4v) is 1.26. The van der Waals surface area contributed by atoms with Crippen LogP contribution < -0.4 is 11.1 Å². The Hall–Kier alpha value is -1.45. The maximum absolute atomic E-state index is 11.4. The lowest BCUT2D eigenvalue weighted by Gasteiger charge is -2.00. The molecule has 3 N–H and O–H groups in total. The van der Waals surface area contributed by atoms with E-state index >= 15 is 0 Å². The van der Waals surface area contributed by atoms with E-state index in [1.54, 1.807) is 6.07 Å². The number of hydrogen-bond donors (Lipinski definition) is 2. The van der Waals surface area contributed by atoms with E-state index < -0.39 is 0 Å². The van der Waals surface area contributed by atoms with E-state index in [-0.39, 0.29) is 11.7 Å². The van der Waals surface area contributed by atoms with Gasteiger partial charge < -0.3 is 15.5 Å². The average Bonchev–Trinajstić information content (AvgIpc) is 2.62. The van der Waals surface area contributed by atoms with E-state index in [2.05, 4.69) is 12.2 Å². The minimum Gasteiger partial charge on any atom is -0.457 e. The molecule has 1 fully saturated rings. The smallest absolute Gasteiger partial charge is 0.289 e. The summed E-state index contributed by atoms with van der Waals surface area (Å²) in [6.07, 6.45) is 2.47. The van der Waals surface area contributed by atoms with E-state index in [9.17, 15) is 4.79 Å². The van der Waals surface area contributed by atoms with Crippen molar-refractivity contribution < 1.29 is 9.21 Å². The van der Waals surface area contributed by atoms with Gasteiger partial charge in [0, 0.05) is 12.1 Å². The molecule has 0 saturated heterocycles. The SMILES string of the molecule is CC1CC1NC(=O)c1occc1N. The van der Waals surface area contributed by atoms with Crippen LogP contribution in [0.1, 0.15) is 23.9 Å². The molecule has 1 saturated carbocycles. The Kier molecular flexibility index (Phi) is 1.76. The summed E-state index contributed by atoms with van der Waals surface area (Å²) in [5, 5.41) is 2.83. The van der Waals surface area contributed by atoms with Gasteiger partial charge >= 0.3 is 0 Å². The molecule has 0 bridgehead atoms. The topological polar surface area (TPSA) is 68.3 Å². The molecule has 2 rings (SSSR count). The summed E-state index contributed by atoms with van der Waals surface area (Å²) in [5.41, 5.74) is 5.91. The standard InChI is InChI=1S/C9H12N2O2/c1-5-4-7(5)11-9(12)8-6(10)2-3-13-8/h2-3,5,7H,4,10H2,1H3,(H,11,12). The quantitative estimate of drug-likeness (QED) is 0.713. The lowest BCUT2D eigenvalue weighted by molar-refractivity contribution is 0.0923. The van der Waals surface area contributed by atoms with Gasteiger partial charge in [0.1, 0.15) is 0 Å². The zero-order valence-corrected chi connectivity index (χ0v) is 7.41. The van der Waals surface area contributed by atoms with Gasteiger partial charge in [-0.1, -0.05) is 6.92 Å². The first-order chi connectivity index (χ1) is 6.18. The van der Waals surface area contributed by atoms with Gasteiger partial charge in [-0.25, -0.2) is 0 Å². The molecule has 2 atom stereocenters. The third-order valence-electron chi connectivity index (χ3n) is 2.33. The third kappa shape index (κ3) is 1.52. The summed E-state index contributed by atoms with van der Waals surface area (Å²) in [5.74, 6) is 0.594. The van der Waals surface area contributed by atoms with Gasteiger partial charge in [-0.05, 0) is 12.3 Å². The van der Waals surface area contributed by atoms with Crippen molar-refractivity contribution in [3.63, 3.8) is 0 Å². The fraction of sp³-hybridized carbons (Fsp3) is 0.444. The van der Waals surface area contributed by atoms with Gasteiger partial charge in [0.25, 0.3) is 5.91 Å². The molecule has 2 unspecified atom stereocenters. The van der Waals surface area contributed by atoms with Crippen molar-refractivity contribution >= 4 is 11.6 Å². The van der Waals surface area contributed by atoms with Crippen LogP contribution in [0.15, 0.2) is 16.7 Å². The van der Waals surface area contributed by atoms with Gasteiger partial charge in [0.2, 0.25) is 5.76 Å². The highest BCUT2D eigenvalue weighted by molar-refractivity contribution is 5.96. The molecule has 1 aromatic rings. The normalized spacial score (nSPS) is 25.6. The Balaban J connectivity index is 2.01. The first-order valence-electron chi connectivity index (χ1n) is 4.32. The van der Waals surface area contributed by atoms with Crippen LogP contribution in [0.5, 0.6) is 0 Å². The number of carbonyl (C=O) groups is 1. The van der Waals surface area contributed by atoms with Gasteiger partial charge in [0.15, 0.2) is 0 Å². The van der Waals surface area contributed by atoms with Crippen molar-refractivity contribution in [2.24, 2.45) is 5.92 Å². The molecule has 1 aromatic heterocycles. The van der Waals surface area contributed by atoms with Crippen molar-refractivity contribution in [3.05, 3.63) is 18.1 Å². The predicted octanol–water partition coefficient (Wildman–Crippen LogP) is 1.00. The molecular formula is C9H12N2O2. The zero-order chi connectivity index (χ0) is 9.42. The van der Waals surface area contributed by atoms with Gasteiger partial charge in [-0.3, -0.25) is 4.79 Å². The first-order valence-corrected chi connectivity index (χ1v) is 4.32. The molecule has 0 aromatic carbocycles. The number of anilines is 1. The lowest BCUT2D eigenvalue weighted by Crippen LogP contribution is -2.26. The molecule has 0 radical (unpaired) electrons. The number of nitrogen functional groups attached to an aromatic ring is 1. The maximum Gasteiger partial charge on any atom is 0.289 e. The molecule has 4 heteroatoms. The monoisotopic (exact) mass is 180 g/mol. The van der Waals surface area contributed by atoms with Crippen LogP contribution in [0.25, 0.3) is 0 Å². The van der Waals surface area contributed by atoms with Crippen molar-refractivity contribution in [2.45, 2.75) is 19.4 Å². The van der Waals surface area contributed by atoms with Crippen LogP contribution in [0.4, 0.5) is 5.69 Å². The number of amides is 1. The Morgan fingerprint density at radius 2 is 2.46 bits per heavy atom. The molecule has 1 aliphatic carbocycles. The molecule has 0 aliphatic heterocycles. The second-order valence-corrected chi connectivity index (χ2v) is 3.50. The number of rotatable bonds is 2. The van der Waals surface area contributed by atoms with Crippen molar-refractivity contribution in [3.8, 4) is 0 Å². The van der Waals surface area contributed by atoms with E-state index in [1.807, 2.05) is 0 Å². The molecule has 0 spiro atoms. The number of hydrogen-bond acceptors (Lipinski definition) is 3. The van der Waals surface area contributed by atoms with Gasteiger partial charge in [0.05, 0.1) is 12.0 Å². The molecular weight excluding hydrogens is 168 g/mol. The summed E-state index contributed by atoms with van der Waals surface area (Å²) >= 11 is 0. The van der Waals surface area contributed by atoms with Crippen LogP contribution in [-0.4, -0.2) is 11.9 Å². The Morgan fingerprint density at radius 1 is 1.77 bits per heavy atom. The highest BCUT2D eigenvalue weighted by Gasteiger charge is 2.34. The lowest BCUT2D eigenvalue weighted by atomic mass is 10.3. The minimum absolute atomic E-state index is 0.211. The Bertz CT molecular complexity index is 332. The zero-order valence-electron chi connectivity index (χ0n) is 7.41. The molecule has 1 aliphatic rings. The second-order valence-electron chi connectivity index (χ2n) is 3.50. The van der Waals surface area contributed by atoms with E-state index in [0.29, 0.717) is 17.6 Å². The summed E-state index contributed by atoms with van der Waals surface area (Å²) < 4.78 is 4.95.